The molecule has 13 heavy (non-hydrogen) atoms. The molecule has 1 rings (SSSR count). The van der Waals surface area contributed by atoms with Gasteiger partial charge in [0, 0.05) is 5.92 Å². The van der Waals surface area contributed by atoms with E-state index in [2.05, 4.69) is 6.58 Å². The summed E-state index contributed by atoms with van der Waals surface area (Å²) in [7, 11) is 0. The molecule has 1 aliphatic rings. The number of carboxylic acid groups (broad SMARTS) is 1. The van der Waals surface area contributed by atoms with Crippen molar-refractivity contribution in [1.29, 1.82) is 0 Å². The minimum atomic E-state index is -1.26. The van der Waals surface area contributed by atoms with E-state index in [1.54, 1.807) is 0 Å². The van der Waals surface area contributed by atoms with Gasteiger partial charge in [0.1, 0.15) is 0 Å². The third-order valence-electron chi connectivity index (χ3n) is 3.23. The molecular formula is C10H16O3. The zero-order valence-electron chi connectivity index (χ0n) is 8.08. The van der Waals surface area contributed by atoms with Crippen LogP contribution in [0.5, 0.6) is 0 Å². The van der Waals surface area contributed by atoms with E-state index in [1.807, 2.05) is 13.8 Å². The Morgan fingerprint density at radius 2 is 2.23 bits per heavy atom. The van der Waals surface area contributed by atoms with Gasteiger partial charge in [-0.3, -0.25) is 0 Å². The lowest BCUT2D eigenvalue weighted by Crippen LogP contribution is -2.36. The predicted octanol–water partition coefficient (Wildman–Crippen LogP) is 1.42. The molecule has 3 nitrogen and oxygen atoms in total. The quantitative estimate of drug-likeness (QED) is 0.638. The first-order chi connectivity index (χ1) is 5.87. The van der Waals surface area contributed by atoms with E-state index < -0.39 is 12.1 Å². The van der Waals surface area contributed by atoms with E-state index in [1.165, 1.54) is 0 Å². The first-order valence-electron chi connectivity index (χ1n) is 4.46. The molecule has 0 radical (unpaired) electrons. The molecule has 0 aromatic carbocycles. The van der Waals surface area contributed by atoms with Gasteiger partial charge in [0.05, 0.1) is 0 Å². The average molecular weight is 184 g/mol. The lowest BCUT2D eigenvalue weighted by molar-refractivity contribution is -0.151. The van der Waals surface area contributed by atoms with Crippen molar-refractivity contribution in [2.24, 2.45) is 11.3 Å². The van der Waals surface area contributed by atoms with Crippen LogP contribution in [-0.4, -0.2) is 22.3 Å². The summed E-state index contributed by atoms with van der Waals surface area (Å²) in [5.41, 5.74) is 0.787. The molecule has 0 amide bonds. The maximum Gasteiger partial charge on any atom is 0.332 e. The van der Waals surface area contributed by atoms with Crippen LogP contribution >= 0.6 is 0 Å². The topological polar surface area (TPSA) is 57.5 Å². The Labute approximate surface area is 78.1 Å². The summed E-state index contributed by atoms with van der Waals surface area (Å²) < 4.78 is 0. The highest BCUT2D eigenvalue weighted by Gasteiger charge is 2.43. The van der Waals surface area contributed by atoms with E-state index in [-0.39, 0.29) is 11.3 Å². The molecule has 74 valence electrons. The van der Waals surface area contributed by atoms with Crippen LogP contribution in [0, 0.1) is 11.3 Å². The zero-order chi connectivity index (χ0) is 10.2. The second-order valence-corrected chi connectivity index (χ2v) is 4.25. The lowest BCUT2D eigenvalue weighted by atomic mass is 9.76. The molecule has 0 heterocycles. The van der Waals surface area contributed by atoms with Crippen LogP contribution in [0.1, 0.15) is 26.7 Å². The summed E-state index contributed by atoms with van der Waals surface area (Å²) in [5.74, 6) is -1.33. The number of aliphatic hydroxyl groups is 1. The fraction of sp³-hybridized carbons (Fsp3) is 0.700. The Kier molecular flexibility index (Phi) is 2.48. The Bertz CT molecular complexity index is 243. The maximum absolute atomic E-state index is 10.6. The number of carboxylic acids is 1. The predicted molar refractivity (Wildman–Crippen MR) is 49.3 cm³/mol. The Morgan fingerprint density at radius 3 is 2.54 bits per heavy atom. The fourth-order valence-corrected chi connectivity index (χ4v) is 2.00. The number of aliphatic hydroxyl groups excluding tert-OH is 1. The van der Waals surface area contributed by atoms with Gasteiger partial charge in [-0.1, -0.05) is 26.0 Å². The van der Waals surface area contributed by atoms with Crippen LogP contribution in [0.3, 0.4) is 0 Å². The van der Waals surface area contributed by atoms with Gasteiger partial charge in [0.2, 0.25) is 0 Å². The molecule has 1 aliphatic carbocycles. The van der Waals surface area contributed by atoms with Crippen molar-refractivity contribution in [3.63, 3.8) is 0 Å². The van der Waals surface area contributed by atoms with E-state index in [0.717, 1.165) is 18.4 Å². The Balaban J connectivity index is 2.83. The monoisotopic (exact) mass is 184 g/mol. The summed E-state index contributed by atoms with van der Waals surface area (Å²) >= 11 is 0. The van der Waals surface area contributed by atoms with Gasteiger partial charge in [-0.15, -0.1) is 0 Å². The van der Waals surface area contributed by atoms with Gasteiger partial charge < -0.3 is 10.2 Å². The largest absolute Gasteiger partial charge is 0.479 e. The SMILES string of the molecule is C=C1CC[C@@H]([C@H](O)C(=O)O)C1(C)C. The van der Waals surface area contributed by atoms with Crippen LogP contribution in [0.25, 0.3) is 0 Å². The molecule has 0 spiro atoms. The molecule has 3 heteroatoms. The second-order valence-electron chi connectivity index (χ2n) is 4.25. The first-order valence-corrected chi connectivity index (χ1v) is 4.46. The van der Waals surface area contributed by atoms with Gasteiger partial charge in [-0.05, 0) is 18.3 Å². The molecule has 2 atom stereocenters. The van der Waals surface area contributed by atoms with Crippen LogP contribution in [0.2, 0.25) is 0 Å². The highest BCUT2D eigenvalue weighted by Crippen LogP contribution is 2.47. The molecule has 0 aromatic heterocycles. The summed E-state index contributed by atoms with van der Waals surface area (Å²) in [6, 6.07) is 0. The van der Waals surface area contributed by atoms with E-state index in [9.17, 15) is 9.90 Å². The van der Waals surface area contributed by atoms with Gasteiger partial charge in [-0.25, -0.2) is 4.79 Å². The molecule has 0 bridgehead atoms. The third-order valence-corrected chi connectivity index (χ3v) is 3.23. The molecular weight excluding hydrogens is 168 g/mol. The second kappa shape index (κ2) is 3.14. The van der Waals surface area contributed by atoms with Gasteiger partial charge in [-0.2, -0.15) is 0 Å². The Hall–Kier alpha value is -0.830. The van der Waals surface area contributed by atoms with Crippen LogP contribution in [0.15, 0.2) is 12.2 Å². The normalized spacial score (nSPS) is 28.8. The number of aliphatic carboxylic acids is 1. The summed E-state index contributed by atoms with van der Waals surface area (Å²) in [6.07, 6.45) is 0.288. The Morgan fingerprint density at radius 1 is 1.69 bits per heavy atom. The summed E-state index contributed by atoms with van der Waals surface area (Å²) in [5, 5.41) is 18.1. The van der Waals surface area contributed by atoms with E-state index in [0.29, 0.717) is 0 Å². The summed E-state index contributed by atoms with van der Waals surface area (Å²) in [6.45, 7) is 7.78. The minimum absolute atomic E-state index is 0.197. The number of hydrogen-bond donors (Lipinski definition) is 2. The van der Waals surface area contributed by atoms with Crippen molar-refractivity contribution in [2.45, 2.75) is 32.8 Å². The molecule has 0 unspecified atom stereocenters. The van der Waals surface area contributed by atoms with Crippen molar-refractivity contribution < 1.29 is 15.0 Å². The average Bonchev–Trinajstić information content (AvgIpc) is 2.26. The molecule has 2 N–H and O–H groups in total. The van der Waals surface area contributed by atoms with Gasteiger partial charge in [0.25, 0.3) is 0 Å². The number of hydrogen-bond acceptors (Lipinski definition) is 2. The maximum atomic E-state index is 10.6. The third kappa shape index (κ3) is 1.61. The molecule has 0 aliphatic heterocycles. The van der Waals surface area contributed by atoms with Gasteiger partial charge >= 0.3 is 5.97 Å². The number of rotatable bonds is 2. The standard InChI is InChI=1S/C10H16O3/c1-6-4-5-7(10(6,2)3)8(11)9(12)13/h7-8,11H,1,4-5H2,2-3H3,(H,12,13)/t7-,8-/m0/s1. The number of carbonyl (C=O) groups is 1. The fourth-order valence-electron chi connectivity index (χ4n) is 2.00. The van der Waals surface area contributed by atoms with Crippen LogP contribution < -0.4 is 0 Å². The zero-order valence-corrected chi connectivity index (χ0v) is 8.08. The van der Waals surface area contributed by atoms with Crippen molar-refractivity contribution in [3.05, 3.63) is 12.2 Å². The molecule has 0 aromatic rings. The highest BCUT2D eigenvalue weighted by molar-refractivity contribution is 5.72. The number of allylic oxidation sites excluding steroid dienone is 1. The van der Waals surface area contributed by atoms with Crippen LogP contribution in [-0.2, 0) is 4.79 Å². The van der Waals surface area contributed by atoms with Crippen molar-refractivity contribution in [1.82, 2.24) is 0 Å². The first kappa shape index (κ1) is 10.3. The van der Waals surface area contributed by atoms with E-state index >= 15 is 0 Å². The van der Waals surface area contributed by atoms with E-state index in [4.69, 9.17) is 5.11 Å². The van der Waals surface area contributed by atoms with Crippen LogP contribution in [0.4, 0.5) is 0 Å². The minimum Gasteiger partial charge on any atom is -0.479 e. The van der Waals surface area contributed by atoms with Crippen molar-refractivity contribution in [2.75, 3.05) is 0 Å². The lowest BCUT2D eigenvalue weighted by Gasteiger charge is -2.29. The van der Waals surface area contributed by atoms with Crippen molar-refractivity contribution in [3.8, 4) is 0 Å². The summed E-state index contributed by atoms with van der Waals surface area (Å²) in [4.78, 5) is 10.6. The molecule has 1 saturated carbocycles. The van der Waals surface area contributed by atoms with Crippen molar-refractivity contribution >= 4 is 5.97 Å². The smallest absolute Gasteiger partial charge is 0.332 e. The molecule has 1 fully saturated rings. The highest BCUT2D eigenvalue weighted by atomic mass is 16.4. The van der Waals surface area contributed by atoms with Gasteiger partial charge in [0.15, 0.2) is 6.10 Å². The molecule has 0 saturated heterocycles.